The van der Waals surface area contributed by atoms with E-state index in [0.717, 1.165) is 0 Å². The molecule has 2 aliphatic rings. The number of anilines is 2. The van der Waals surface area contributed by atoms with Crippen molar-refractivity contribution < 1.29 is 19.4 Å². The molecule has 14 heteroatoms. The minimum absolute atomic E-state index is 0. The van der Waals surface area contributed by atoms with Crippen molar-refractivity contribution in [2.24, 2.45) is 5.92 Å². The molecular formula is C23H27Cl2N7O4S. The Morgan fingerprint density at radius 3 is 2.86 bits per heavy atom. The second-order valence-corrected chi connectivity index (χ2v) is 9.49. The van der Waals surface area contributed by atoms with Crippen molar-refractivity contribution in [3.05, 3.63) is 36.2 Å². The maximum atomic E-state index is 13.0. The van der Waals surface area contributed by atoms with E-state index in [2.05, 4.69) is 36.1 Å². The van der Waals surface area contributed by atoms with Gasteiger partial charge in [-0.05, 0) is 37.5 Å². The highest BCUT2D eigenvalue weighted by molar-refractivity contribution is 8.00. The summed E-state index contributed by atoms with van der Waals surface area (Å²) in [6, 6.07) is 6.84. The molecule has 198 valence electrons. The molecule has 1 aliphatic heterocycles. The third kappa shape index (κ3) is 6.57. The number of pyridine rings is 2. The number of fused-ring (bicyclic) bond motifs is 2. The standard InChI is InChI=1S/C23H25N7O4S.2ClH/c1-34-20-5-4-15-21(28-20)16(6-7-24-15)27-22(33)12-2-3-14(18(31)8-12)25-10-13-9-17-23(30-29-13)35-11-19(32)26-17;;/h4-7,9,12,14,18,25,31H,2-3,8,10-11H2,1H3,(H,26,32)(H,24,27,33);2*1H/t12-,14-,18-;;/m0../s1. The van der Waals surface area contributed by atoms with Crippen LogP contribution in [0.4, 0.5) is 11.4 Å². The molecule has 1 fully saturated rings. The van der Waals surface area contributed by atoms with Crippen LogP contribution >= 0.6 is 36.6 Å². The summed E-state index contributed by atoms with van der Waals surface area (Å²) < 4.78 is 5.19. The number of aromatic nitrogens is 4. The largest absolute Gasteiger partial charge is 0.481 e. The number of hydrogen-bond donors (Lipinski definition) is 4. The zero-order valence-electron chi connectivity index (χ0n) is 19.8. The number of methoxy groups -OCH3 is 1. The molecule has 4 N–H and O–H groups in total. The summed E-state index contributed by atoms with van der Waals surface area (Å²) in [5, 5.41) is 28.9. The Labute approximate surface area is 229 Å². The van der Waals surface area contributed by atoms with Crippen LogP contribution in [-0.2, 0) is 16.1 Å². The quantitative estimate of drug-likeness (QED) is 0.349. The molecule has 2 amide bonds. The van der Waals surface area contributed by atoms with Crippen LogP contribution in [0.25, 0.3) is 11.0 Å². The lowest BCUT2D eigenvalue weighted by Crippen LogP contribution is -2.46. The molecule has 11 nitrogen and oxygen atoms in total. The molecule has 1 aliphatic carbocycles. The third-order valence-corrected chi connectivity index (χ3v) is 7.16. The number of hydrogen-bond acceptors (Lipinski definition) is 10. The van der Waals surface area contributed by atoms with Crippen LogP contribution < -0.4 is 20.7 Å². The first-order valence-corrected chi connectivity index (χ1v) is 12.3. The molecule has 3 atom stereocenters. The number of carbonyl (C=O) groups is 2. The van der Waals surface area contributed by atoms with E-state index in [1.807, 2.05) is 0 Å². The van der Waals surface area contributed by atoms with Gasteiger partial charge in [-0.3, -0.25) is 14.6 Å². The van der Waals surface area contributed by atoms with Crippen LogP contribution in [0.2, 0.25) is 0 Å². The molecule has 3 aromatic heterocycles. The zero-order valence-corrected chi connectivity index (χ0v) is 22.3. The van der Waals surface area contributed by atoms with Crippen molar-refractivity contribution in [3.8, 4) is 5.88 Å². The highest BCUT2D eigenvalue weighted by Gasteiger charge is 2.33. The van der Waals surface area contributed by atoms with E-state index in [1.165, 1.54) is 18.9 Å². The van der Waals surface area contributed by atoms with E-state index in [9.17, 15) is 14.7 Å². The third-order valence-electron chi connectivity index (χ3n) is 6.18. The summed E-state index contributed by atoms with van der Waals surface area (Å²) in [6.45, 7) is 0.399. The van der Waals surface area contributed by atoms with E-state index in [4.69, 9.17) is 4.74 Å². The Morgan fingerprint density at radius 2 is 2.08 bits per heavy atom. The van der Waals surface area contributed by atoms with Gasteiger partial charge in [0.1, 0.15) is 10.5 Å². The normalized spacial score (nSPS) is 20.6. The van der Waals surface area contributed by atoms with Crippen LogP contribution in [0.15, 0.2) is 35.5 Å². The highest BCUT2D eigenvalue weighted by atomic mass is 35.5. The number of nitrogens with one attached hydrogen (secondary N) is 3. The molecular weight excluding hydrogens is 541 g/mol. The molecule has 5 rings (SSSR count). The first-order chi connectivity index (χ1) is 17.0. The first-order valence-electron chi connectivity index (χ1n) is 11.3. The summed E-state index contributed by atoms with van der Waals surface area (Å²) in [6.07, 6.45) is 2.53. The number of halogens is 2. The van der Waals surface area contributed by atoms with Crippen molar-refractivity contribution in [2.75, 3.05) is 23.5 Å². The molecule has 0 saturated heterocycles. The predicted molar refractivity (Wildman–Crippen MR) is 145 cm³/mol. The number of thioether (sulfide) groups is 1. The van der Waals surface area contributed by atoms with E-state index in [-0.39, 0.29) is 48.6 Å². The lowest BCUT2D eigenvalue weighted by molar-refractivity contribution is -0.122. The summed E-state index contributed by atoms with van der Waals surface area (Å²) >= 11 is 1.36. The fraction of sp³-hybridized carbons (Fsp3) is 0.391. The van der Waals surface area contributed by atoms with E-state index in [0.29, 0.717) is 70.6 Å². The zero-order chi connectivity index (χ0) is 24.4. The summed E-state index contributed by atoms with van der Waals surface area (Å²) in [5.41, 5.74) is 3.10. The summed E-state index contributed by atoms with van der Waals surface area (Å²) in [4.78, 5) is 33.3. The minimum Gasteiger partial charge on any atom is -0.481 e. The van der Waals surface area contributed by atoms with Gasteiger partial charge in [0.25, 0.3) is 0 Å². The monoisotopic (exact) mass is 567 g/mol. The average Bonchev–Trinajstić information content (AvgIpc) is 2.87. The van der Waals surface area contributed by atoms with Crippen molar-refractivity contribution >= 4 is 70.8 Å². The fourth-order valence-electron chi connectivity index (χ4n) is 4.34. The van der Waals surface area contributed by atoms with Crippen molar-refractivity contribution in [3.63, 3.8) is 0 Å². The predicted octanol–water partition coefficient (Wildman–Crippen LogP) is 2.57. The highest BCUT2D eigenvalue weighted by Crippen LogP contribution is 2.30. The van der Waals surface area contributed by atoms with E-state index in [1.54, 1.807) is 30.5 Å². The van der Waals surface area contributed by atoms with Crippen LogP contribution in [-0.4, -0.2) is 62.1 Å². The molecule has 0 spiro atoms. The number of ether oxygens (including phenoxy) is 1. The Balaban J connectivity index is 0.00000190. The fourth-order valence-corrected chi connectivity index (χ4v) is 5.04. The van der Waals surface area contributed by atoms with Gasteiger partial charge in [-0.2, -0.15) is 5.10 Å². The van der Waals surface area contributed by atoms with Gasteiger partial charge in [-0.1, -0.05) is 11.8 Å². The van der Waals surface area contributed by atoms with Crippen molar-refractivity contribution in [1.82, 2.24) is 25.5 Å². The second-order valence-electron chi connectivity index (χ2n) is 8.53. The molecule has 1 saturated carbocycles. The number of carbonyl (C=O) groups excluding carboxylic acids is 2. The van der Waals surface area contributed by atoms with Crippen LogP contribution in [0.3, 0.4) is 0 Å². The van der Waals surface area contributed by atoms with E-state index < -0.39 is 6.10 Å². The van der Waals surface area contributed by atoms with Crippen molar-refractivity contribution in [2.45, 2.75) is 43.0 Å². The van der Waals surface area contributed by atoms with Crippen LogP contribution in [0, 0.1) is 5.92 Å². The van der Waals surface area contributed by atoms with Gasteiger partial charge in [-0.15, -0.1) is 29.9 Å². The van der Waals surface area contributed by atoms with Gasteiger partial charge >= 0.3 is 0 Å². The maximum Gasteiger partial charge on any atom is 0.234 e. The number of nitrogens with zero attached hydrogens (tertiary/aromatic N) is 4. The minimum atomic E-state index is -0.687. The molecule has 37 heavy (non-hydrogen) atoms. The maximum absolute atomic E-state index is 13.0. The molecule has 0 aromatic carbocycles. The summed E-state index contributed by atoms with van der Waals surface area (Å²) in [7, 11) is 1.53. The molecule has 0 radical (unpaired) electrons. The van der Waals surface area contributed by atoms with Gasteiger partial charge in [0.05, 0.1) is 41.6 Å². The topological polar surface area (TPSA) is 151 Å². The lowest BCUT2D eigenvalue weighted by Gasteiger charge is -2.33. The van der Waals surface area contributed by atoms with Crippen molar-refractivity contribution in [1.29, 1.82) is 0 Å². The van der Waals surface area contributed by atoms with Crippen LogP contribution in [0.1, 0.15) is 25.0 Å². The van der Waals surface area contributed by atoms with Gasteiger partial charge in [-0.25, -0.2) is 4.98 Å². The average molecular weight is 568 g/mol. The SMILES string of the molecule is COc1ccc2nccc(NC(=O)[C@H]3CC[C@H](NCc4cc5c(nn4)SCC(=O)N5)[C@@H](O)C3)c2n1.Cl.Cl. The van der Waals surface area contributed by atoms with E-state index >= 15 is 0 Å². The first kappa shape index (κ1) is 28.8. The molecule has 3 aromatic rings. The number of rotatable bonds is 6. The second kappa shape index (κ2) is 12.7. The smallest absolute Gasteiger partial charge is 0.234 e. The Kier molecular flexibility index (Phi) is 9.85. The van der Waals surface area contributed by atoms with Gasteiger partial charge < -0.3 is 25.8 Å². The Hall–Kier alpha value is -2.77. The van der Waals surface area contributed by atoms with Gasteiger partial charge in [0.2, 0.25) is 17.7 Å². The molecule has 0 bridgehead atoms. The lowest BCUT2D eigenvalue weighted by atomic mass is 9.83. The number of aliphatic hydroxyl groups excluding tert-OH is 1. The number of aliphatic hydroxyl groups is 1. The number of amides is 2. The summed E-state index contributed by atoms with van der Waals surface area (Å²) in [5.74, 6) is 0.231. The Morgan fingerprint density at radius 1 is 1.24 bits per heavy atom. The Bertz CT molecular complexity index is 1290. The van der Waals surface area contributed by atoms with Gasteiger partial charge in [0, 0.05) is 30.8 Å². The molecule has 4 heterocycles. The molecule has 0 unspecified atom stereocenters. The van der Waals surface area contributed by atoms with Gasteiger partial charge in [0.15, 0.2) is 0 Å². The van der Waals surface area contributed by atoms with Crippen LogP contribution in [0.5, 0.6) is 5.88 Å².